The summed E-state index contributed by atoms with van der Waals surface area (Å²) in [6.07, 6.45) is 0.440. The summed E-state index contributed by atoms with van der Waals surface area (Å²) in [7, 11) is 1.79. The zero-order valence-corrected chi connectivity index (χ0v) is 7.54. The van der Waals surface area contributed by atoms with Gasteiger partial charge in [-0.05, 0) is 14.0 Å². The van der Waals surface area contributed by atoms with Gasteiger partial charge in [0.1, 0.15) is 0 Å². The molecule has 0 saturated heterocycles. The number of hydrogen-bond donors (Lipinski definition) is 0. The van der Waals surface area contributed by atoms with Gasteiger partial charge < -0.3 is 4.74 Å². The SMILES string of the molecule is CCOC(=O)CN(C)CCC#N. The number of hydrogen-bond acceptors (Lipinski definition) is 4. The maximum absolute atomic E-state index is 10.9. The van der Waals surface area contributed by atoms with Crippen molar-refractivity contribution < 1.29 is 9.53 Å². The summed E-state index contributed by atoms with van der Waals surface area (Å²) in [5, 5.41) is 8.26. The van der Waals surface area contributed by atoms with E-state index in [1.807, 2.05) is 6.07 Å². The number of carbonyl (C=O) groups excluding carboxylic acids is 1. The van der Waals surface area contributed by atoms with Crippen LogP contribution in [-0.4, -0.2) is 37.6 Å². The summed E-state index contributed by atoms with van der Waals surface area (Å²) in [5.74, 6) is -0.238. The number of ether oxygens (including phenoxy) is 1. The fraction of sp³-hybridized carbons (Fsp3) is 0.750. The molecule has 0 rings (SSSR count). The van der Waals surface area contributed by atoms with Crippen molar-refractivity contribution in [2.75, 3.05) is 26.7 Å². The van der Waals surface area contributed by atoms with Gasteiger partial charge in [0.15, 0.2) is 0 Å². The first-order valence-corrected chi connectivity index (χ1v) is 3.91. The van der Waals surface area contributed by atoms with Crippen LogP contribution in [0.1, 0.15) is 13.3 Å². The highest BCUT2D eigenvalue weighted by Crippen LogP contribution is 1.87. The Morgan fingerprint density at radius 2 is 2.33 bits per heavy atom. The van der Waals surface area contributed by atoms with Gasteiger partial charge in [0.05, 0.1) is 19.2 Å². The molecule has 0 N–H and O–H groups in total. The Balaban J connectivity index is 3.48. The van der Waals surface area contributed by atoms with Crippen LogP contribution < -0.4 is 0 Å². The lowest BCUT2D eigenvalue weighted by molar-refractivity contribution is -0.144. The Bertz CT molecular complexity index is 174. The summed E-state index contributed by atoms with van der Waals surface area (Å²) < 4.78 is 4.73. The van der Waals surface area contributed by atoms with Crippen LogP contribution in [0.5, 0.6) is 0 Å². The van der Waals surface area contributed by atoms with Crippen molar-refractivity contribution in [2.45, 2.75) is 13.3 Å². The number of nitrogens with zero attached hydrogens (tertiary/aromatic N) is 2. The fourth-order valence-corrected chi connectivity index (χ4v) is 0.747. The maximum atomic E-state index is 10.9. The van der Waals surface area contributed by atoms with E-state index in [-0.39, 0.29) is 12.5 Å². The van der Waals surface area contributed by atoms with Crippen molar-refractivity contribution >= 4 is 5.97 Å². The van der Waals surface area contributed by atoms with E-state index in [0.29, 0.717) is 19.6 Å². The van der Waals surface area contributed by atoms with Crippen molar-refractivity contribution in [2.24, 2.45) is 0 Å². The lowest BCUT2D eigenvalue weighted by Gasteiger charge is -2.12. The Morgan fingerprint density at radius 1 is 1.67 bits per heavy atom. The Morgan fingerprint density at radius 3 is 2.83 bits per heavy atom. The molecule has 0 atom stereocenters. The zero-order chi connectivity index (χ0) is 9.40. The largest absolute Gasteiger partial charge is 0.465 e. The second-order valence-corrected chi connectivity index (χ2v) is 2.45. The quantitative estimate of drug-likeness (QED) is 0.560. The molecular weight excluding hydrogens is 156 g/mol. The van der Waals surface area contributed by atoms with E-state index in [0.717, 1.165) is 0 Å². The molecule has 0 radical (unpaired) electrons. The summed E-state index contributed by atoms with van der Waals surface area (Å²) >= 11 is 0. The molecule has 68 valence electrons. The van der Waals surface area contributed by atoms with Crippen molar-refractivity contribution in [3.05, 3.63) is 0 Å². The third kappa shape index (κ3) is 5.69. The molecule has 0 aliphatic heterocycles. The van der Waals surface area contributed by atoms with Crippen molar-refractivity contribution in [1.82, 2.24) is 4.90 Å². The van der Waals surface area contributed by atoms with E-state index in [9.17, 15) is 4.79 Å². The molecule has 0 fully saturated rings. The Kier molecular flexibility index (Phi) is 6.02. The lowest BCUT2D eigenvalue weighted by Crippen LogP contribution is -2.28. The standard InChI is InChI=1S/C8H14N2O2/c1-3-12-8(11)7-10(2)6-4-5-9/h3-4,6-7H2,1-2H3. The molecular formula is C8H14N2O2. The molecule has 4 nitrogen and oxygen atoms in total. The number of nitriles is 1. The molecule has 0 aliphatic carbocycles. The third-order valence-electron chi connectivity index (χ3n) is 1.31. The predicted molar refractivity (Wildman–Crippen MR) is 44.4 cm³/mol. The first kappa shape index (κ1) is 10.9. The van der Waals surface area contributed by atoms with E-state index in [2.05, 4.69) is 0 Å². The monoisotopic (exact) mass is 170 g/mol. The lowest BCUT2D eigenvalue weighted by atomic mass is 10.4. The van der Waals surface area contributed by atoms with E-state index in [4.69, 9.17) is 10.00 Å². The molecule has 12 heavy (non-hydrogen) atoms. The number of carbonyl (C=O) groups is 1. The van der Waals surface area contributed by atoms with Crippen LogP contribution in [0.15, 0.2) is 0 Å². The van der Waals surface area contributed by atoms with Gasteiger partial charge in [-0.3, -0.25) is 9.69 Å². The molecule has 0 heterocycles. The first-order chi connectivity index (χ1) is 5.70. The van der Waals surface area contributed by atoms with Crippen LogP contribution in [-0.2, 0) is 9.53 Å². The Hall–Kier alpha value is -1.08. The molecule has 0 unspecified atom stereocenters. The second-order valence-electron chi connectivity index (χ2n) is 2.45. The van der Waals surface area contributed by atoms with Crippen LogP contribution in [0.3, 0.4) is 0 Å². The van der Waals surface area contributed by atoms with E-state index in [1.54, 1.807) is 18.9 Å². The molecule has 0 aromatic carbocycles. The van der Waals surface area contributed by atoms with Crippen LogP contribution >= 0.6 is 0 Å². The third-order valence-corrected chi connectivity index (χ3v) is 1.31. The summed E-state index contributed by atoms with van der Waals surface area (Å²) in [4.78, 5) is 12.6. The fourth-order valence-electron chi connectivity index (χ4n) is 0.747. The molecule has 0 aromatic rings. The van der Waals surface area contributed by atoms with Gasteiger partial charge in [-0.1, -0.05) is 0 Å². The molecule has 4 heteroatoms. The minimum Gasteiger partial charge on any atom is -0.465 e. The topological polar surface area (TPSA) is 53.3 Å². The maximum Gasteiger partial charge on any atom is 0.320 e. The highest BCUT2D eigenvalue weighted by Gasteiger charge is 2.05. The molecule has 0 bridgehead atoms. The summed E-state index contributed by atoms with van der Waals surface area (Å²) in [6.45, 7) is 3.04. The predicted octanol–water partition coefficient (Wildman–Crippen LogP) is 0.395. The highest BCUT2D eigenvalue weighted by atomic mass is 16.5. The minimum absolute atomic E-state index is 0.238. The number of likely N-dealkylation sites (N-methyl/N-ethyl adjacent to an activating group) is 1. The van der Waals surface area contributed by atoms with Crippen molar-refractivity contribution in [3.8, 4) is 6.07 Å². The number of esters is 1. The second kappa shape index (κ2) is 6.62. The molecule has 0 aliphatic rings. The van der Waals surface area contributed by atoms with Gasteiger partial charge in [-0.15, -0.1) is 0 Å². The van der Waals surface area contributed by atoms with Crippen LogP contribution in [0.4, 0.5) is 0 Å². The van der Waals surface area contributed by atoms with Gasteiger partial charge in [0.25, 0.3) is 0 Å². The van der Waals surface area contributed by atoms with Crippen molar-refractivity contribution in [1.29, 1.82) is 5.26 Å². The molecule has 0 aromatic heterocycles. The van der Waals surface area contributed by atoms with Crippen LogP contribution in [0.25, 0.3) is 0 Å². The normalized spacial score (nSPS) is 9.50. The molecule has 0 saturated carbocycles. The van der Waals surface area contributed by atoms with E-state index < -0.39 is 0 Å². The zero-order valence-electron chi connectivity index (χ0n) is 7.54. The smallest absolute Gasteiger partial charge is 0.320 e. The van der Waals surface area contributed by atoms with Gasteiger partial charge in [-0.2, -0.15) is 5.26 Å². The van der Waals surface area contributed by atoms with Crippen molar-refractivity contribution in [3.63, 3.8) is 0 Å². The summed E-state index contributed by atoms with van der Waals surface area (Å²) in [5.41, 5.74) is 0. The number of rotatable bonds is 5. The van der Waals surface area contributed by atoms with E-state index >= 15 is 0 Å². The van der Waals surface area contributed by atoms with E-state index in [1.165, 1.54) is 0 Å². The average molecular weight is 170 g/mol. The molecule has 0 amide bonds. The van der Waals surface area contributed by atoms with Crippen LogP contribution in [0.2, 0.25) is 0 Å². The van der Waals surface area contributed by atoms with Gasteiger partial charge >= 0.3 is 5.97 Å². The minimum atomic E-state index is -0.238. The molecule has 0 spiro atoms. The first-order valence-electron chi connectivity index (χ1n) is 3.91. The highest BCUT2D eigenvalue weighted by molar-refractivity contribution is 5.71. The van der Waals surface area contributed by atoms with Crippen LogP contribution in [0, 0.1) is 11.3 Å². The summed E-state index contributed by atoms with van der Waals surface area (Å²) in [6, 6.07) is 2.01. The Labute approximate surface area is 72.7 Å². The van der Waals surface area contributed by atoms with Gasteiger partial charge in [-0.25, -0.2) is 0 Å². The van der Waals surface area contributed by atoms with Gasteiger partial charge in [0, 0.05) is 13.0 Å². The average Bonchev–Trinajstić information content (AvgIpc) is 2.01. The van der Waals surface area contributed by atoms with Gasteiger partial charge in [0.2, 0.25) is 0 Å².